The molecule has 0 spiro atoms. The summed E-state index contributed by atoms with van der Waals surface area (Å²) >= 11 is 4.09. The molecule has 0 saturated carbocycles. The third-order valence-corrected chi connectivity index (χ3v) is 5.44. The number of aryl methyl sites for hydroxylation is 2. The highest BCUT2D eigenvalue weighted by molar-refractivity contribution is 9.10. The van der Waals surface area contributed by atoms with Gasteiger partial charge in [0, 0.05) is 0 Å². The standard InChI is InChI=1S/C21H19Br/c1-16-13-14-20(17(2)15-16)21(22,18-9-5-3-6-10-18)19-11-7-4-8-12-19/h3-15H,1-2H3. The first-order valence-corrected chi connectivity index (χ1v) is 8.29. The second-order valence-corrected chi connectivity index (χ2v) is 6.90. The molecular formula is C21H19Br. The number of hydrogen-bond acceptors (Lipinski definition) is 0. The van der Waals surface area contributed by atoms with Gasteiger partial charge in [-0.2, -0.15) is 0 Å². The molecule has 0 atom stereocenters. The molecule has 0 aliphatic carbocycles. The van der Waals surface area contributed by atoms with Crippen LogP contribution in [0.5, 0.6) is 0 Å². The molecule has 3 rings (SSSR count). The Kier molecular flexibility index (Phi) is 4.17. The number of rotatable bonds is 3. The van der Waals surface area contributed by atoms with E-state index in [4.69, 9.17) is 0 Å². The van der Waals surface area contributed by atoms with Gasteiger partial charge < -0.3 is 0 Å². The van der Waals surface area contributed by atoms with Crippen LogP contribution in [0.3, 0.4) is 0 Å². The Labute approximate surface area is 141 Å². The highest BCUT2D eigenvalue weighted by atomic mass is 79.9. The van der Waals surface area contributed by atoms with Gasteiger partial charge in [0.2, 0.25) is 0 Å². The third-order valence-electron chi connectivity index (χ3n) is 4.10. The minimum Gasteiger partial charge on any atom is -0.0695 e. The van der Waals surface area contributed by atoms with Crippen molar-refractivity contribution in [1.29, 1.82) is 0 Å². The first-order chi connectivity index (χ1) is 10.6. The van der Waals surface area contributed by atoms with Crippen LogP contribution in [-0.2, 0) is 4.32 Å². The van der Waals surface area contributed by atoms with Gasteiger partial charge in [-0.25, -0.2) is 0 Å². The lowest BCUT2D eigenvalue weighted by molar-refractivity contribution is 0.903. The molecule has 3 aromatic carbocycles. The summed E-state index contributed by atoms with van der Waals surface area (Å²) in [5, 5.41) is 0. The van der Waals surface area contributed by atoms with Crippen molar-refractivity contribution in [2.24, 2.45) is 0 Å². The molecule has 0 amide bonds. The van der Waals surface area contributed by atoms with Gasteiger partial charge in [-0.15, -0.1) is 0 Å². The molecule has 0 heterocycles. The van der Waals surface area contributed by atoms with Crippen molar-refractivity contribution < 1.29 is 0 Å². The third kappa shape index (κ3) is 2.62. The molecule has 22 heavy (non-hydrogen) atoms. The van der Waals surface area contributed by atoms with E-state index in [1.807, 2.05) is 0 Å². The van der Waals surface area contributed by atoms with Gasteiger partial charge in [-0.1, -0.05) is 100 Å². The maximum atomic E-state index is 4.09. The Morgan fingerprint density at radius 2 is 1.18 bits per heavy atom. The molecule has 0 nitrogen and oxygen atoms in total. The smallest absolute Gasteiger partial charge is 0.0695 e. The fourth-order valence-electron chi connectivity index (χ4n) is 3.01. The van der Waals surface area contributed by atoms with E-state index in [1.54, 1.807) is 0 Å². The van der Waals surface area contributed by atoms with Crippen molar-refractivity contribution in [2.45, 2.75) is 18.2 Å². The fraction of sp³-hybridized carbons (Fsp3) is 0.143. The van der Waals surface area contributed by atoms with Crippen LogP contribution in [-0.4, -0.2) is 0 Å². The molecule has 0 aliphatic heterocycles. The zero-order chi connectivity index (χ0) is 15.6. The molecule has 110 valence electrons. The molecule has 3 aromatic rings. The van der Waals surface area contributed by atoms with Crippen LogP contribution >= 0.6 is 15.9 Å². The number of alkyl halides is 1. The number of benzene rings is 3. The Hall–Kier alpha value is -1.86. The molecule has 0 unspecified atom stereocenters. The predicted octanol–water partition coefficient (Wildman–Crippen LogP) is 5.99. The van der Waals surface area contributed by atoms with Gasteiger partial charge in [0.05, 0.1) is 0 Å². The predicted molar refractivity (Wildman–Crippen MR) is 97.6 cm³/mol. The van der Waals surface area contributed by atoms with E-state index in [9.17, 15) is 0 Å². The van der Waals surface area contributed by atoms with Gasteiger partial charge in [0.1, 0.15) is 4.32 Å². The van der Waals surface area contributed by atoms with Crippen molar-refractivity contribution in [1.82, 2.24) is 0 Å². The fourth-order valence-corrected chi connectivity index (χ4v) is 3.99. The van der Waals surface area contributed by atoms with Crippen LogP contribution in [0.15, 0.2) is 78.9 Å². The van der Waals surface area contributed by atoms with Gasteiger partial charge in [0.25, 0.3) is 0 Å². The van der Waals surface area contributed by atoms with E-state index in [2.05, 4.69) is 109 Å². The average molecular weight is 351 g/mol. The quantitative estimate of drug-likeness (QED) is 0.402. The molecule has 0 aliphatic rings. The van der Waals surface area contributed by atoms with Gasteiger partial charge in [0.15, 0.2) is 0 Å². The Bertz CT molecular complexity index is 721. The lowest BCUT2D eigenvalue weighted by Gasteiger charge is -2.31. The Morgan fingerprint density at radius 1 is 0.682 bits per heavy atom. The van der Waals surface area contributed by atoms with E-state index in [1.165, 1.54) is 27.8 Å². The van der Waals surface area contributed by atoms with Crippen molar-refractivity contribution in [3.05, 3.63) is 107 Å². The lowest BCUT2D eigenvalue weighted by atomic mass is 9.82. The lowest BCUT2D eigenvalue weighted by Crippen LogP contribution is -2.22. The Morgan fingerprint density at radius 3 is 1.64 bits per heavy atom. The normalized spacial score (nSPS) is 11.4. The molecule has 1 heteroatoms. The summed E-state index contributed by atoms with van der Waals surface area (Å²) < 4.78 is -0.326. The minimum absolute atomic E-state index is 0.326. The summed E-state index contributed by atoms with van der Waals surface area (Å²) in [5.74, 6) is 0. The minimum atomic E-state index is -0.326. The highest BCUT2D eigenvalue weighted by Gasteiger charge is 2.34. The van der Waals surface area contributed by atoms with E-state index in [-0.39, 0.29) is 4.32 Å². The molecule has 0 fully saturated rings. The SMILES string of the molecule is Cc1ccc(C(Br)(c2ccccc2)c2ccccc2)c(C)c1. The monoisotopic (exact) mass is 350 g/mol. The first kappa shape index (κ1) is 15.1. The maximum Gasteiger partial charge on any atom is 0.101 e. The molecule has 0 radical (unpaired) electrons. The van der Waals surface area contributed by atoms with Crippen LogP contribution < -0.4 is 0 Å². The first-order valence-electron chi connectivity index (χ1n) is 7.50. The van der Waals surface area contributed by atoms with E-state index in [0.717, 1.165) is 0 Å². The largest absolute Gasteiger partial charge is 0.101 e. The summed E-state index contributed by atoms with van der Waals surface area (Å²) in [5.41, 5.74) is 6.36. The second-order valence-electron chi connectivity index (χ2n) is 5.71. The molecule has 0 bridgehead atoms. The zero-order valence-corrected chi connectivity index (χ0v) is 14.5. The summed E-state index contributed by atoms with van der Waals surface area (Å²) in [4.78, 5) is 0. The Balaban J connectivity index is 2.28. The van der Waals surface area contributed by atoms with Crippen molar-refractivity contribution in [3.63, 3.8) is 0 Å². The molecule has 0 saturated heterocycles. The van der Waals surface area contributed by atoms with E-state index in [0.29, 0.717) is 0 Å². The van der Waals surface area contributed by atoms with Crippen molar-refractivity contribution in [3.8, 4) is 0 Å². The highest BCUT2D eigenvalue weighted by Crippen LogP contribution is 2.45. The summed E-state index contributed by atoms with van der Waals surface area (Å²) in [7, 11) is 0. The molecule has 0 aromatic heterocycles. The summed E-state index contributed by atoms with van der Waals surface area (Å²) in [6, 6.07) is 27.9. The summed E-state index contributed by atoms with van der Waals surface area (Å²) in [6.07, 6.45) is 0. The van der Waals surface area contributed by atoms with Crippen LogP contribution in [0.25, 0.3) is 0 Å². The van der Waals surface area contributed by atoms with Gasteiger partial charge in [-0.3, -0.25) is 0 Å². The second kappa shape index (κ2) is 6.10. The van der Waals surface area contributed by atoms with E-state index >= 15 is 0 Å². The van der Waals surface area contributed by atoms with Crippen LogP contribution in [0.2, 0.25) is 0 Å². The summed E-state index contributed by atoms with van der Waals surface area (Å²) in [6.45, 7) is 4.32. The van der Waals surface area contributed by atoms with Crippen LogP contribution in [0, 0.1) is 13.8 Å². The molecular weight excluding hydrogens is 332 g/mol. The van der Waals surface area contributed by atoms with E-state index < -0.39 is 0 Å². The van der Waals surface area contributed by atoms with Crippen LogP contribution in [0.4, 0.5) is 0 Å². The van der Waals surface area contributed by atoms with Crippen LogP contribution in [0.1, 0.15) is 27.8 Å². The van der Waals surface area contributed by atoms with Crippen molar-refractivity contribution in [2.75, 3.05) is 0 Å². The van der Waals surface area contributed by atoms with Crippen molar-refractivity contribution >= 4 is 15.9 Å². The zero-order valence-electron chi connectivity index (χ0n) is 12.9. The molecule has 0 N–H and O–H groups in total. The average Bonchev–Trinajstić information content (AvgIpc) is 2.56. The topological polar surface area (TPSA) is 0 Å². The number of halogens is 1. The number of hydrogen-bond donors (Lipinski definition) is 0. The van der Waals surface area contributed by atoms with Gasteiger partial charge in [-0.05, 0) is 36.1 Å². The van der Waals surface area contributed by atoms with Gasteiger partial charge >= 0.3 is 0 Å². The maximum absolute atomic E-state index is 4.09.